The van der Waals surface area contributed by atoms with Crippen molar-refractivity contribution in [2.75, 3.05) is 0 Å². The Morgan fingerprint density at radius 1 is 1.11 bits per heavy atom. The Morgan fingerprint density at radius 3 is 2.25 bits per heavy atom. The molecule has 0 saturated heterocycles. The summed E-state index contributed by atoms with van der Waals surface area (Å²) in [6, 6.07) is 8.90. The Kier molecular flexibility index (Phi) is 4.35. The number of ether oxygens (including phenoxy) is 1. The maximum absolute atomic E-state index is 13.8. The number of hydrogen-bond donors (Lipinski definition) is 2. The first-order valence-electron chi connectivity index (χ1n) is 9.45. The van der Waals surface area contributed by atoms with Crippen molar-refractivity contribution >= 4 is 12.1 Å². The van der Waals surface area contributed by atoms with Crippen molar-refractivity contribution in [2.45, 2.75) is 50.4 Å². The predicted molar refractivity (Wildman–Crippen MR) is 92.2 cm³/mol. The monoisotopic (exact) mass is 397 g/mol. The van der Waals surface area contributed by atoms with Crippen LogP contribution in [-0.4, -0.2) is 28.9 Å². The molecule has 0 spiro atoms. The summed E-state index contributed by atoms with van der Waals surface area (Å²) in [7, 11) is 0. The zero-order chi connectivity index (χ0) is 20.2. The van der Waals surface area contributed by atoms with Crippen LogP contribution in [0.3, 0.4) is 0 Å². The largest absolute Gasteiger partial charge is 0.479 e. The molecule has 28 heavy (non-hydrogen) atoms. The maximum Gasteiger partial charge on any atom is 0.408 e. The van der Waals surface area contributed by atoms with Gasteiger partial charge in [-0.1, -0.05) is 30.3 Å². The Morgan fingerprint density at radius 2 is 1.71 bits per heavy atom. The van der Waals surface area contributed by atoms with Crippen molar-refractivity contribution in [3.8, 4) is 0 Å². The molecule has 5 nitrogen and oxygen atoms in total. The minimum absolute atomic E-state index is 0.0349. The van der Waals surface area contributed by atoms with Crippen LogP contribution < -0.4 is 5.32 Å². The highest BCUT2D eigenvalue weighted by atomic mass is 19.4. The molecular formula is C20H22F3NO4. The first kappa shape index (κ1) is 19.1. The first-order valence-corrected chi connectivity index (χ1v) is 9.45. The zero-order valence-electron chi connectivity index (χ0n) is 15.2. The lowest BCUT2D eigenvalue weighted by Crippen LogP contribution is -2.73. The highest BCUT2D eigenvalue weighted by molar-refractivity contribution is 5.85. The molecule has 152 valence electrons. The first-order chi connectivity index (χ1) is 13.2. The van der Waals surface area contributed by atoms with Crippen LogP contribution in [0.15, 0.2) is 30.3 Å². The number of carbonyl (C=O) groups is 2. The molecule has 0 aromatic heterocycles. The van der Waals surface area contributed by atoms with E-state index < -0.39 is 41.0 Å². The quantitative estimate of drug-likeness (QED) is 0.801. The van der Waals surface area contributed by atoms with Gasteiger partial charge in [-0.2, -0.15) is 13.2 Å². The highest BCUT2D eigenvalue weighted by Gasteiger charge is 2.72. The number of rotatable bonds is 4. The Hall–Kier alpha value is -2.25. The number of halogens is 3. The number of alkyl carbamates (subject to hydrolysis) is 1. The average Bonchev–Trinajstić information content (AvgIpc) is 2.62. The molecule has 4 saturated carbocycles. The number of nitrogens with one attached hydrogen (secondary N) is 1. The van der Waals surface area contributed by atoms with Crippen LogP contribution in [0.1, 0.15) is 37.7 Å². The van der Waals surface area contributed by atoms with E-state index in [1.807, 2.05) is 6.07 Å². The molecule has 8 heteroatoms. The second-order valence-electron chi connectivity index (χ2n) is 8.48. The third-order valence-electron chi connectivity index (χ3n) is 6.95. The van der Waals surface area contributed by atoms with Gasteiger partial charge in [0.1, 0.15) is 12.1 Å². The van der Waals surface area contributed by atoms with Gasteiger partial charge in [0.25, 0.3) is 0 Å². The van der Waals surface area contributed by atoms with E-state index in [1.165, 1.54) is 0 Å². The fraction of sp³-hybridized carbons (Fsp3) is 0.600. The van der Waals surface area contributed by atoms with Gasteiger partial charge in [0.15, 0.2) is 0 Å². The van der Waals surface area contributed by atoms with Gasteiger partial charge in [0.2, 0.25) is 0 Å². The molecule has 4 fully saturated rings. The molecule has 1 amide bonds. The number of aliphatic carboxylic acids is 1. The van der Waals surface area contributed by atoms with Crippen molar-refractivity contribution in [3.05, 3.63) is 35.9 Å². The van der Waals surface area contributed by atoms with E-state index in [0.717, 1.165) is 5.56 Å². The van der Waals surface area contributed by atoms with Crippen LogP contribution in [0.25, 0.3) is 0 Å². The fourth-order valence-corrected chi connectivity index (χ4v) is 5.89. The van der Waals surface area contributed by atoms with Gasteiger partial charge in [-0.05, 0) is 55.4 Å². The van der Waals surface area contributed by atoms with Crippen molar-refractivity contribution in [1.82, 2.24) is 5.32 Å². The molecule has 2 atom stereocenters. The van der Waals surface area contributed by atoms with Gasteiger partial charge in [-0.3, -0.25) is 0 Å². The van der Waals surface area contributed by atoms with E-state index in [1.54, 1.807) is 24.3 Å². The number of hydrogen-bond acceptors (Lipinski definition) is 3. The van der Waals surface area contributed by atoms with Crippen LogP contribution in [0.2, 0.25) is 0 Å². The third kappa shape index (κ3) is 2.84. The van der Waals surface area contributed by atoms with Gasteiger partial charge in [-0.25, -0.2) is 9.59 Å². The summed E-state index contributed by atoms with van der Waals surface area (Å²) in [5.74, 6) is -2.91. The van der Waals surface area contributed by atoms with Crippen LogP contribution >= 0.6 is 0 Å². The molecule has 5 rings (SSSR count). The van der Waals surface area contributed by atoms with Crippen molar-refractivity contribution in [2.24, 2.45) is 23.2 Å². The van der Waals surface area contributed by atoms with E-state index in [4.69, 9.17) is 4.74 Å². The smallest absolute Gasteiger partial charge is 0.408 e. The van der Waals surface area contributed by atoms with Crippen LogP contribution in [-0.2, 0) is 16.1 Å². The SMILES string of the molecule is O=C(NC1(C(=O)O)C2CC3CC1CC(C(F)(F)F)(C3)C2)OCc1ccccc1. The van der Waals surface area contributed by atoms with Crippen molar-refractivity contribution in [1.29, 1.82) is 0 Å². The molecule has 0 radical (unpaired) electrons. The van der Waals surface area contributed by atoms with E-state index in [0.29, 0.717) is 12.8 Å². The lowest BCUT2D eigenvalue weighted by atomic mass is 9.43. The van der Waals surface area contributed by atoms with E-state index in [-0.39, 0.29) is 31.8 Å². The molecule has 4 aliphatic rings. The summed E-state index contributed by atoms with van der Waals surface area (Å²) in [5, 5.41) is 12.5. The topological polar surface area (TPSA) is 75.6 Å². The summed E-state index contributed by atoms with van der Waals surface area (Å²) in [4.78, 5) is 24.6. The molecule has 1 aromatic carbocycles. The van der Waals surface area contributed by atoms with Gasteiger partial charge in [-0.15, -0.1) is 0 Å². The Bertz CT molecular complexity index is 763. The van der Waals surface area contributed by atoms with Crippen molar-refractivity contribution < 1.29 is 32.6 Å². The van der Waals surface area contributed by atoms with Crippen LogP contribution in [0, 0.1) is 23.2 Å². The normalized spacial score (nSPS) is 36.2. The van der Waals surface area contributed by atoms with Crippen LogP contribution in [0.5, 0.6) is 0 Å². The standard InChI is InChI=1S/C20H22F3NO4/c21-20(22,23)18-8-13-6-14(9-18)19(16(25)26,15(7-13)10-18)24-17(27)28-11-12-4-2-1-3-5-12/h1-5,13-15H,6-11H2,(H,24,27)(H,25,26). The maximum atomic E-state index is 13.8. The van der Waals surface area contributed by atoms with E-state index >= 15 is 0 Å². The number of carbonyl (C=O) groups excluding carboxylic acids is 1. The summed E-state index contributed by atoms with van der Waals surface area (Å²) in [6.45, 7) is -0.0349. The van der Waals surface area contributed by atoms with Gasteiger partial charge < -0.3 is 15.2 Å². The summed E-state index contributed by atoms with van der Waals surface area (Å²) in [5.41, 5.74) is -2.78. The minimum Gasteiger partial charge on any atom is -0.479 e. The number of amides is 1. The van der Waals surface area contributed by atoms with Crippen LogP contribution in [0.4, 0.5) is 18.0 Å². The number of benzene rings is 1. The van der Waals surface area contributed by atoms with Gasteiger partial charge in [0.05, 0.1) is 5.41 Å². The molecule has 4 bridgehead atoms. The van der Waals surface area contributed by atoms with E-state index in [9.17, 15) is 27.9 Å². The lowest BCUT2D eigenvalue weighted by molar-refractivity contribution is -0.285. The minimum atomic E-state index is -4.36. The van der Waals surface area contributed by atoms with Gasteiger partial charge in [0, 0.05) is 0 Å². The van der Waals surface area contributed by atoms with E-state index in [2.05, 4.69) is 5.32 Å². The average molecular weight is 397 g/mol. The third-order valence-corrected chi connectivity index (χ3v) is 6.95. The second-order valence-corrected chi connectivity index (χ2v) is 8.48. The predicted octanol–water partition coefficient (Wildman–Crippen LogP) is 4.12. The fourth-order valence-electron chi connectivity index (χ4n) is 5.89. The summed E-state index contributed by atoms with van der Waals surface area (Å²) < 4.78 is 46.5. The molecule has 1 aromatic rings. The number of carboxylic acid groups (broad SMARTS) is 1. The summed E-state index contributed by atoms with van der Waals surface area (Å²) >= 11 is 0. The molecular weight excluding hydrogens is 375 g/mol. The number of alkyl halides is 3. The Balaban J connectivity index is 1.54. The Labute approximate surface area is 160 Å². The highest BCUT2D eigenvalue weighted by Crippen LogP contribution is 2.68. The lowest BCUT2D eigenvalue weighted by Gasteiger charge is -2.63. The molecule has 0 heterocycles. The van der Waals surface area contributed by atoms with Crippen molar-refractivity contribution in [3.63, 3.8) is 0 Å². The molecule has 2 N–H and O–H groups in total. The zero-order valence-corrected chi connectivity index (χ0v) is 15.2. The molecule has 4 aliphatic carbocycles. The molecule has 0 aliphatic heterocycles. The second kappa shape index (κ2) is 6.39. The molecule has 2 unspecified atom stereocenters. The number of carboxylic acids is 1. The summed E-state index contributed by atoms with van der Waals surface area (Å²) in [6.07, 6.45) is -4.93. The van der Waals surface area contributed by atoms with Gasteiger partial charge >= 0.3 is 18.2 Å².